The standard InChI is InChI=1S/C36H22N2Se2/c1-37-31-15-25-9-21-7-19-3-5-39-33(19)17-27(21)11-23(25)13-29(31)36-35(37)30-14-24-12-28-18-34-20(4-6-40-34)8-22(28)10-26(24)16-32(30)38(36)2/h3-18H,1-2H3. The minimum atomic E-state index is 0.463. The number of nitrogens with zero attached hydrogens (tertiary/aromatic N) is 2. The van der Waals surface area contributed by atoms with Crippen molar-refractivity contribution in [2.24, 2.45) is 14.1 Å². The number of hydrogen-bond donors (Lipinski definition) is 0. The van der Waals surface area contributed by atoms with Gasteiger partial charge in [-0.05, 0) is 0 Å². The van der Waals surface area contributed by atoms with Gasteiger partial charge in [-0.1, -0.05) is 0 Å². The molecular formula is C36H22N2Se2. The van der Waals surface area contributed by atoms with Gasteiger partial charge >= 0.3 is 242 Å². The van der Waals surface area contributed by atoms with E-state index in [2.05, 4.69) is 118 Å². The maximum absolute atomic E-state index is 2.42. The molecule has 40 heavy (non-hydrogen) atoms. The van der Waals surface area contributed by atoms with Crippen molar-refractivity contribution in [1.29, 1.82) is 0 Å². The molecule has 4 aromatic heterocycles. The quantitative estimate of drug-likeness (QED) is 0.116. The third-order valence-electron chi connectivity index (χ3n) is 9.09. The third kappa shape index (κ3) is 2.80. The van der Waals surface area contributed by atoms with Crippen LogP contribution in [0.25, 0.3) is 95.2 Å². The molecule has 188 valence electrons. The summed E-state index contributed by atoms with van der Waals surface area (Å²) in [6, 6.07) is 33.3. The molecule has 0 atom stereocenters. The molecule has 0 aliphatic heterocycles. The second kappa shape index (κ2) is 7.49. The Hall–Kier alpha value is -3.78. The van der Waals surface area contributed by atoms with Gasteiger partial charge in [-0.15, -0.1) is 0 Å². The van der Waals surface area contributed by atoms with Crippen LogP contribution in [0.4, 0.5) is 0 Å². The number of aryl methyl sites for hydroxylation is 2. The zero-order valence-electron chi connectivity index (χ0n) is 21.9. The molecule has 0 aliphatic carbocycles. The predicted molar refractivity (Wildman–Crippen MR) is 176 cm³/mol. The van der Waals surface area contributed by atoms with Crippen molar-refractivity contribution in [3.05, 3.63) is 94.8 Å². The SMILES string of the molecule is Cn1c2cc3cc4cc5cc[se]c5cc4cc3cc2c2c1c1cc3cc4cc5[se]ccc5cc4cc3cc1n2C. The molecule has 0 spiro atoms. The zero-order chi connectivity index (χ0) is 26.3. The van der Waals surface area contributed by atoms with E-state index in [0.717, 1.165) is 0 Å². The fourth-order valence-corrected chi connectivity index (χ4v) is 10.5. The van der Waals surface area contributed by atoms with Gasteiger partial charge in [0.05, 0.1) is 0 Å². The van der Waals surface area contributed by atoms with Crippen LogP contribution in [0.5, 0.6) is 0 Å². The van der Waals surface area contributed by atoms with Gasteiger partial charge in [-0.2, -0.15) is 0 Å². The topological polar surface area (TPSA) is 9.86 Å². The monoisotopic (exact) mass is 642 g/mol. The van der Waals surface area contributed by atoms with Crippen LogP contribution in [0.15, 0.2) is 94.8 Å². The molecule has 0 amide bonds. The number of hydrogen-bond acceptors (Lipinski definition) is 0. The van der Waals surface area contributed by atoms with Crippen LogP contribution >= 0.6 is 0 Å². The van der Waals surface area contributed by atoms with E-state index in [4.69, 9.17) is 0 Å². The minimum absolute atomic E-state index is 0.463. The molecule has 6 aromatic carbocycles. The average molecular weight is 641 g/mol. The Labute approximate surface area is 241 Å². The number of aromatic nitrogens is 2. The van der Waals surface area contributed by atoms with E-state index in [0.29, 0.717) is 29.0 Å². The van der Waals surface area contributed by atoms with E-state index < -0.39 is 0 Å². The van der Waals surface area contributed by atoms with E-state index in [1.165, 1.54) is 95.2 Å². The summed E-state index contributed by atoms with van der Waals surface area (Å²) in [5.41, 5.74) is 5.23. The van der Waals surface area contributed by atoms with Gasteiger partial charge in [0.15, 0.2) is 0 Å². The summed E-state index contributed by atoms with van der Waals surface area (Å²) < 4.78 is 7.83. The van der Waals surface area contributed by atoms with Crippen LogP contribution in [-0.4, -0.2) is 38.1 Å². The Morgan fingerprint density at radius 2 is 0.750 bits per heavy atom. The summed E-state index contributed by atoms with van der Waals surface area (Å²) in [7, 11) is 4.47. The molecule has 0 bridgehead atoms. The van der Waals surface area contributed by atoms with Gasteiger partial charge in [0.25, 0.3) is 0 Å². The first kappa shape index (κ1) is 22.0. The second-order valence-corrected chi connectivity index (χ2v) is 15.2. The van der Waals surface area contributed by atoms with E-state index in [1.54, 1.807) is 0 Å². The maximum atomic E-state index is 2.42. The normalized spacial score (nSPS) is 12.8. The number of fused-ring (bicyclic) bond motifs is 11. The summed E-state index contributed by atoms with van der Waals surface area (Å²) in [5.74, 6) is 0. The fourth-order valence-electron chi connectivity index (χ4n) is 7.11. The second-order valence-electron chi connectivity index (χ2n) is 11.3. The summed E-state index contributed by atoms with van der Waals surface area (Å²) in [5, 5.41) is 16.1. The molecule has 4 heteroatoms. The van der Waals surface area contributed by atoms with Gasteiger partial charge in [0.1, 0.15) is 0 Å². The first-order valence-electron chi connectivity index (χ1n) is 13.6. The van der Waals surface area contributed by atoms with Gasteiger partial charge in [0, 0.05) is 0 Å². The summed E-state index contributed by atoms with van der Waals surface area (Å²) in [6.07, 6.45) is 0. The van der Waals surface area contributed by atoms with Gasteiger partial charge < -0.3 is 0 Å². The summed E-state index contributed by atoms with van der Waals surface area (Å²) >= 11 is 0.926. The van der Waals surface area contributed by atoms with Crippen molar-refractivity contribution in [3.63, 3.8) is 0 Å². The molecule has 0 saturated heterocycles. The van der Waals surface area contributed by atoms with E-state index in [1.807, 2.05) is 0 Å². The molecule has 0 fully saturated rings. The molecule has 0 radical (unpaired) electrons. The molecule has 0 N–H and O–H groups in total. The Morgan fingerprint density at radius 3 is 1.20 bits per heavy atom. The van der Waals surface area contributed by atoms with Crippen molar-refractivity contribution < 1.29 is 0 Å². The van der Waals surface area contributed by atoms with Crippen LogP contribution in [-0.2, 0) is 14.1 Å². The Balaban J connectivity index is 1.29. The van der Waals surface area contributed by atoms with Crippen LogP contribution in [0, 0.1) is 0 Å². The van der Waals surface area contributed by atoms with E-state index in [9.17, 15) is 0 Å². The number of benzene rings is 6. The Kier molecular flexibility index (Phi) is 4.11. The van der Waals surface area contributed by atoms with E-state index >= 15 is 0 Å². The molecule has 10 aromatic rings. The van der Waals surface area contributed by atoms with Crippen molar-refractivity contribution >= 4 is 124 Å². The van der Waals surface area contributed by atoms with Gasteiger partial charge in [-0.25, -0.2) is 0 Å². The summed E-state index contributed by atoms with van der Waals surface area (Å²) in [4.78, 5) is 4.66. The van der Waals surface area contributed by atoms with Gasteiger partial charge in [-0.3, -0.25) is 0 Å². The van der Waals surface area contributed by atoms with Gasteiger partial charge in [0.2, 0.25) is 0 Å². The number of rotatable bonds is 0. The molecular weight excluding hydrogens is 618 g/mol. The molecule has 4 heterocycles. The van der Waals surface area contributed by atoms with Crippen molar-refractivity contribution in [1.82, 2.24) is 9.13 Å². The third-order valence-corrected chi connectivity index (χ3v) is 12.8. The van der Waals surface area contributed by atoms with Crippen LogP contribution in [0.3, 0.4) is 0 Å². The molecule has 0 unspecified atom stereocenters. The molecule has 0 saturated carbocycles. The van der Waals surface area contributed by atoms with E-state index in [-0.39, 0.29) is 0 Å². The molecule has 0 aliphatic rings. The van der Waals surface area contributed by atoms with Crippen LogP contribution in [0.1, 0.15) is 0 Å². The van der Waals surface area contributed by atoms with Crippen molar-refractivity contribution in [2.75, 3.05) is 0 Å². The van der Waals surface area contributed by atoms with Crippen LogP contribution < -0.4 is 0 Å². The summed E-state index contributed by atoms with van der Waals surface area (Å²) in [6.45, 7) is 0. The zero-order valence-corrected chi connectivity index (χ0v) is 25.4. The molecule has 2 nitrogen and oxygen atoms in total. The first-order chi connectivity index (χ1) is 19.6. The first-order valence-corrected chi connectivity index (χ1v) is 17.3. The van der Waals surface area contributed by atoms with Crippen molar-refractivity contribution in [2.45, 2.75) is 0 Å². The predicted octanol–water partition coefficient (Wildman–Crippen LogP) is 8.86. The molecule has 10 rings (SSSR count). The van der Waals surface area contributed by atoms with Crippen LogP contribution in [0.2, 0.25) is 0 Å². The van der Waals surface area contributed by atoms with Crippen molar-refractivity contribution in [3.8, 4) is 0 Å². The Morgan fingerprint density at radius 1 is 0.400 bits per heavy atom. The Bertz CT molecular complexity index is 2540. The average Bonchev–Trinajstić information content (AvgIpc) is 3.72. The fraction of sp³-hybridized carbons (Fsp3) is 0.0556.